The third-order valence-corrected chi connectivity index (χ3v) is 3.27. The molecule has 2 rings (SSSR count). The standard InChI is InChI=1S/C14H15Br/c15-11-4-3-7-13-9-5-8-12-6-1-2-10-14(12)13/h1-2,5-6,8-10H,3-4,7,11H2. The molecule has 0 bridgehead atoms. The first-order valence-electron chi connectivity index (χ1n) is 5.44. The molecular weight excluding hydrogens is 248 g/mol. The van der Waals surface area contributed by atoms with E-state index in [1.165, 1.54) is 35.6 Å². The van der Waals surface area contributed by atoms with E-state index in [9.17, 15) is 0 Å². The Kier molecular flexibility index (Phi) is 3.79. The molecule has 0 aromatic heterocycles. The Morgan fingerprint density at radius 2 is 1.67 bits per heavy atom. The molecule has 0 unspecified atom stereocenters. The first-order valence-corrected chi connectivity index (χ1v) is 6.56. The van der Waals surface area contributed by atoms with Gasteiger partial charge in [-0.3, -0.25) is 0 Å². The van der Waals surface area contributed by atoms with Crippen LogP contribution in [0, 0.1) is 0 Å². The summed E-state index contributed by atoms with van der Waals surface area (Å²) in [5.74, 6) is 0. The predicted octanol–water partition coefficient (Wildman–Crippen LogP) is 4.56. The van der Waals surface area contributed by atoms with Crippen molar-refractivity contribution in [2.24, 2.45) is 0 Å². The molecule has 15 heavy (non-hydrogen) atoms. The summed E-state index contributed by atoms with van der Waals surface area (Å²) in [5.41, 5.74) is 1.48. The van der Waals surface area contributed by atoms with Gasteiger partial charge in [0.2, 0.25) is 0 Å². The van der Waals surface area contributed by atoms with Crippen molar-refractivity contribution in [2.75, 3.05) is 5.33 Å². The normalized spacial score (nSPS) is 10.7. The highest BCUT2D eigenvalue weighted by Gasteiger charge is 1.99. The molecule has 0 saturated carbocycles. The molecule has 0 heterocycles. The fraction of sp³-hybridized carbons (Fsp3) is 0.286. The van der Waals surface area contributed by atoms with E-state index >= 15 is 0 Å². The lowest BCUT2D eigenvalue weighted by Crippen LogP contribution is -1.88. The van der Waals surface area contributed by atoms with Gasteiger partial charge in [0.15, 0.2) is 0 Å². The molecule has 0 aliphatic heterocycles. The van der Waals surface area contributed by atoms with Gasteiger partial charge < -0.3 is 0 Å². The summed E-state index contributed by atoms with van der Waals surface area (Å²) in [6.45, 7) is 0. The minimum atomic E-state index is 1.11. The van der Waals surface area contributed by atoms with Gasteiger partial charge in [-0.05, 0) is 35.6 Å². The van der Waals surface area contributed by atoms with Crippen LogP contribution in [0.25, 0.3) is 10.8 Å². The minimum absolute atomic E-state index is 1.11. The Bertz CT molecular complexity index is 429. The van der Waals surface area contributed by atoms with Gasteiger partial charge in [0.1, 0.15) is 0 Å². The van der Waals surface area contributed by atoms with Crippen molar-refractivity contribution in [1.29, 1.82) is 0 Å². The van der Waals surface area contributed by atoms with Gasteiger partial charge in [-0.1, -0.05) is 58.4 Å². The Morgan fingerprint density at radius 1 is 0.867 bits per heavy atom. The van der Waals surface area contributed by atoms with Crippen LogP contribution in [0.4, 0.5) is 0 Å². The summed E-state index contributed by atoms with van der Waals surface area (Å²) in [7, 11) is 0. The number of hydrogen-bond acceptors (Lipinski definition) is 0. The smallest absolute Gasteiger partial charge is 0.00314 e. The third-order valence-electron chi connectivity index (χ3n) is 2.71. The van der Waals surface area contributed by atoms with Crippen molar-refractivity contribution < 1.29 is 0 Å². The van der Waals surface area contributed by atoms with Gasteiger partial charge in [0.25, 0.3) is 0 Å². The number of fused-ring (bicyclic) bond motifs is 1. The van der Waals surface area contributed by atoms with Crippen LogP contribution in [0.2, 0.25) is 0 Å². The van der Waals surface area contributed by atoms with Crippen LogP contribution >= 0.6 is 15.9 Å². The second-order valence-electron chi connectivity index (χ2n) is 3.78. The molecule has 2 aromatic rings. The van der Waals surface area contributed by atoms with Crippen LogP contribution in [0.1, 0.15) is 18.4 Å². The van der Waals surface area contributed by atoms with Gasteiger partial charge >= 0.3 is 0 Å². The lowest BCUT2D eigenvalue weighted by Gasteiger charge is -2.05. The van der Waals surface area contributed by atoms with Crippen LogP contribution < -0.4 is 0 Å². The van der Waals surface area contributed by atoms with Gasteiger partial charge in [0, 0.05) is 5.33 Å². The fourth-order valence-corrected chi connectivity index (χ4v) is 2.32. The van der Waals surface area contributed by atoms with E-state index in [4.69, 9.17) is 0 Å². The molecular formula is C14H15Br. The summed E-state index contributed by atoms with van der Waals surface area (Å²) in [6.07, 6.45) is 3.70. The van der Waals surface area contributed by atoms with Crippen molar-refractivity contribution >= 4 is 26.7 Å². The average molecular weight is 263 g/mol. The van der Waals surface area contributed by atoms with E-state index in [0.29, 0.717) is 0 Å². The topological polar surface area (TPSA) is 0 Å². The average Bonchev–Trinajstić information content (AvgIpc) is 2.30. The van der Waals surface area contributed by atoms with Crippen LogP contribution in [0.15, 0.2) is 42.5 Å². The largest absolute Gasteiger partial charge is 0.0928 e. The molecule has 0 spiro atoms. The highest BCUT2D eigenvalue weighted by atomic mass is 79.9. The number of hydrogen-bond donors (Lipinski definition) is 0. The maximum atomic E-state index is 3.47. The number of benzene rings is 2. The molecule has 0 fully saturated rings. The summed E-state index contributed by atoms with van der Waals surface area (Å²) in [6, 6.07) is 15.2. The van der Waals surface area contributed by atoms with E-state index in [0.717, 1.165) is 5.33 Å². The number of halogens is 1. The van der Waals surface area contributed by atoms with Crippen LogP contribution in [-0.4, -0.2) is 5.33 Å². The summed E-state index contributed by atoms with van der Waals surface area (Å²) in [4.78, 5) is 0. The number of aryl methyl sites for hydroxylation is 1. The molecule has 0 aliphatic carbocycles. The SMILES string of the molecule is BrCCCCc1cccc2ccccc12. The molecule has 0 atom stereocenters. The van der Waals surface area contributed by atoms with Crippen molar-refractivity contribution in [3.63, 3.8) is 0 Å². The van der Waals surface area contributed by atoms with Crippen LogP contribution in [0.5, 0.6) is 0 Å². The molecule has 0 saturated heterocycles. The third kappa shape index (κ3) is 2.60. The van der Waals surface area contributed by atoms with Gasteiger partial charge in [0.05, 0.1) is 0 Å². The van der Waals surface area contributed by atoms with Crippen molar-refractivity contribution in [3.05, 3.63) is 48.0 Å². The fourth-order valence-electron chi connectivity index (χ4n) is 1.92. The van der Waals surface area contributed by atoms with Gasteiger partial charge in [-0.15, -0.1) is 0 Å². The summed E-state index contributed by atoms with van der Waals surface area (Å²) >= 11 is 3.47. The monoisotopic (exact) mass is 262 g/mol. The molecule has 0 aliphatic rings. The molecule has 0 amide bonds. The van der Waals surface area contributed by atoms with Crippen molar-refractivity contribution in [3.8, 4) is 0 Å². The van der Waals surface area contributed by atoms with E-state index in [-0.39, 0.29) is 0 Å². The lowest BCUT2D eigenvalue weighted by atomic mass is 10.0. The van der Waals surface area contributed by atoms with Crippen molar-refractivity contribution in [1.82, 2.24) is 0 Å². The zero-order valence-electron chi connectivity index (χ0n) is 8.75. The molecule has 0 nitrogen and oxygen atoms in total. The molecule has 0 radical (unpaired) electrons. The Balaban J connectivity index is 2.26. The highest BCUT2D eigenvalue weighted by Crippen LogP contribution is 2.20. The lowest BCUT2D eigenvalue weighted by molar-refractivity contribution is 0.810. The number of unbranched alkanes of at least 4 members (excludes halogenated alkanes) is 1. The molecule has 78 valence electrons. The molecule has 2 aromatic carbocycles. The van der Waals surface area contributed by atoms with Crippen LogP contribution in [0.3, 0.4) is 0 Å². The Hall–Kier alpha value is -0.820. The maximum absolute atomic E-state index is 3.47. The molecule has 1 heteroatoms. The Morgan fingerprint density at radius 3 is 2.53 bits per heavy atom. The first kappa shape index (κ1) is 10.7. The van der Waals surface area contributed by atoms with Crippen molar-refractivity contribution in [2.45, 2.75) is 19.3 Å². The molecule has 0 N–H and O–H groups in total. The van der Waals surface area contributed by atoms with Crippen LogP contribution in [-0.2, 0) is 6.42 Å². The first-order chi connectivity index (χ1) is 7.42. The summed E-state index contributed by atoms with van der Waals surface area (Å²) in [5, 5.41) is 3.88. The van der Waals surface area contributed by atoms with E-state index < -0.39 is 0 Å². The van der Waals surface area contributed by atoms with E-state index in [1.807, 2.05) is 0 Å². The highest BCUT2D eigenvalue weighted by molar-refractivity contribution is 9.09. The second kappa shape index (κ2) is 5.32. The van der Waals surface area contributed by atoms with Gasteiger partial charge in [-0.25, -0.2) is 0 Å². The zero-order valence-corrected chi connectivity index (χ0v) is 10.3. The second-order valence-corrected chi connectivity index (χ2v) is 4.58. The zero-order chi connectivity index (χ0) is 10.5. The van der Waals surface area contributed by atoms with E-state index in [1.54, 1.807) is 0 Å². The Labute approximate surface area is 99.4 Å². The number of rotatable bonds is 4. The summed E-state index contributed by atoms with van der Waals surface area (Å²) < 4.78 is 0. The predicted molar refractivity (Wildman–Crippen MR) is 70.7 cm³/mol. The maximum Gasteiger partial charge on any atom is 0.00314 e. The minimum Gasteiger partial charge on any atom is -0.0928 e. The number of alkyl halides is 1. The van der Waals surface area contributed by atoms with E-state index in [2.05, 4.69) is 58.4 Å². The quantitative estimate of drug-likeness (QED) is 0.560. The van der Waals surface area contributed by atoms with Gasteiger partial charge in [-0.2, -0.15) is 0 Å².